The Morgan fingerprint density at radius 2 is 2.17 bits per heavy atom. The van der Waals surface area contributed by atoms with Crippen LogP contribution in [-0.4, -0.2) is 37.4 Å². The fraction of sp³-hybridized carbons (Fsp3) is 0.538. The van der Waals surface area contributed by atoms with E-state index in [-0.39, 0.29) is 6.04 Å². The average Bonchev–Trinajstić information content (AvgIpc) is 2.70. The quantitative estimate of drug-likeness (QED) is 0.764. The topological polar surface area (TPSA) is 63.4 Å². The van der Waals surface area contributed by atoms with Crippen LogP contribution >= 0.6 is 0 Å². The highest BCUT2D eigenvalue weighted by Crippen LogP contribution is 2.28. The molecule has 98 valence electrons. The Kier molecular flexibility index (Phi) is 2.83. The molecule has 0 saturated carbocycles. The molecule has 4 nitrogen and oxygen atoms in total. The van der Waals surface area contributed by atoms with E-state index in [1.165, 1.54) is 11.1 Å². The second-order valence-corrected chi connectivity index (χ2v) is 7.49. The zero-order valence-electron chi connectivity index (χ0n) is 10.3. The third-order valence-electron chi connectivity index (χ3n) is 4.06. The maximum Gasteiger partial charge on any atom is 0.151 e. The maximum absolute atomic E-state index is 11.5. The van der Waals surface area contributed by atoms with Gasteiger partial charge in [0.15, 0.2) is 9.84 Å². The van der Waals surface area contributed by atoms with Gasteiger partial charge in [0.2, 0.25) is 0 Å². The van der Waals surface area contributed by atoms with E-state index in [0.29, 0.717) is 11.5 Å². The van der Waals surface area contributed by atoms with Crippen molar-refractivity contribution in [3.05, 3.63) is 29.3 Å². The van der Waals surface area contributed by atoms with Crippen molar-refractivity contribution in [1.82, 2.24) is 4.90 Å². The van der Waals surface area contributed by atoms with E-state index in [0.717, 1.165) is 31.6 Å². The van der Waals surface area contributed by atoms with E-state index in [9.17, 15) is 8.42 Å². The van der Waals surface area contributed by atoms with Crippen molar-refractivity contribution in [1.29, 1.82) is 0 Å². The molecule has 0 aliphatic carbocycles. The van der Waals surface area contributed by atoms with Crippen molar-refractivity contribution < 1.29 is 8.42 Å². The number of benzene rings is 1. The highest BCUT2D eigenvalue weighted by Gasteiger charge is 2.33. The Labute approximate surface area is 108 Å². The van der Waals surface area contributed by atoms with Gasteiger partial charge in [0.1, 0.15) is 0 Å². The normalized spacial score (nSPS) is 27.0. The molecule has 0 amide bonds. The van der Waals surface area contributed by atoms with Gasteiger partial charge in [-0.3, -0.25) is 4.90 Å². The van der Waals surface area contributed by atoms with Gasteiger partial charge in [-0.05, 0) is 30.0 Å². The Morgan fingerprint density at radius 3 is 2.89 bits per heavy atom. The molecule has 1 fully saturated rings. The summed E-state index contributed by atoms with van der Waals surface area (Å²) < 4.78 is 23.1. The van der Waals surface area contributed by atoms with Crippen LogP contribution in [-0.2, 0) is 22.8 Å². The maximum atomic E-state index is 11.5. The number of hydrogen-bond acceptors (Lipinski definition) is 4. The Morgan fingerprint density at radius 1 is 1.33 bits per heavy atom. The van der Waals surface area contributed by atoms with Crippen molar-refractivity contribution in [2.24, 2.45) is 0 Å². The van der Waals surface area contributed by atoms with Crippen LogP contribution in [0.2, 0.25) is 0 Å². The second kappa shape index (κ2) is 4.24. The monoisotopic (exact) mass is 266 g/mol. The number of nitrogen functional groups attached to an aromatic ring is 1. The van der Waals surface area contributed by atoms with Gasteiger partial charge in [-0.25, -0.2) is 8.42 Å². The lowest BCUT2D eigenvalue weighted by Crippen LogP contribution is -2.40. The van der Waals surface area contributed by atoms with Gasteiger partial charge in [0.05, 0.1) is 11.5 Å². The van der Waals surface area contributed by atoms with Crippen LogP contribution in [0, 0.1) is 0 Å². The van der Waals surface area contributed by atoms with Crippen molar-refractivity contribution >= 4 is 15.5 Å². The lowest BCUT2D eigenvalue weighted by Gasteiger charge is -2.33. The predicted octanol–water partition coefficient (Wildman–Crippen LogP) is 0.814. The molecule has 3 rings (SSSR count). The Hall–Kier alpha value is -1.07. The van der Waals surface area contributed by atoms with Crippen LogP contribution < -0.4 is 5.73 Å². The van der Waals surface area contributed by atoms with E-state index in [4.69, 9.17) is 5.73 Å². The number of sulfone groups is 1. The van der Waals surface area contributed by atoms with E-state index in [1.807, 2.05) is 12.1 Å². The summed E-state index contributed by atoms with van der Waals surface area (Å²) in [6.07, 6.45) is 1.74. The van der Waals surface area contributed by atoms with E-state index in [1.54, 1.807) is 0 Å². The highest BCUT2D eigenvalue weighted by atomic mass is 32.2. The summed E-state index contributed by atoms with van der Waals surface area (Å²) in [5.41, 5.74) is 9.34. The number of rotatable bonds is 1. The molecule has 0 aromatic heterocycles. The molecule has 2 aliphatic rings. The van der Waals surface area contributed by atoms with Crippen LogP contribution in [0.5, 0.6) is 0 Å². The van der Waals surface area contributed by atoms with Gasteiger partial charge in [-0.2, -0.15) is 0 Å². The van der Waals surface area contributed by atoms with E-state index in [2.05, 4.69) is 11.0 Å². The van der Waals surface area contributed by atoms with Crippen LogP contribution in [0.1, 0.15) is 17.5 Å². The summed E-state index contributed by atoms with van der Waals surface area (Å²) in [5, 5.41) is 0. The molecule has 1 atom stereocenters. The highest BCUT2D eigenvalue weighted by molar-refractivity contribution is 7.91. The van der Waals surface area contributed by atoms with Crippen molar-refractivity contribution in [2.75, 3.05) is 23.8 Å². The first-order chi connectivity index (χ1) is 8.55. The first-order valence-corrected chi connectivity index (χ1v) is 8.18. The van der Waals surface area contributed by atoms with Gasteiger partial charge >= 0.3 is 0 Å². The zero-order chi connectivity index (χ0) is 12.8. The minimum absolute atomic E-state index is 0.183. The molecular weight excluding hydrogens is 248 g/mol. The van der Waals surface area contributed by atoms with Gasteiger partial charge in [0.25, 0.3) is 0 Å². The summed E-state index contributed by atoms with van der Waals surface area (Å²) in [4.78, 5) is 2.28. The first kappa shape index (κ1) is 12.0. The van der Waals surface area contributed by atoms with Gasteiger partial charge in [-0.1, -0.05) is 12.1 Å². The minimum atomic E-state index is -2.81. The fourth-order valence-electron chi connectivity index (χ4n) is 3.00. The lowest BCUT2D eigenvalue weighted by molar-refractivity contribution is 0.195. The molecule has 0 bridgehead atoms. The van der Waals surface area contributed by atoms with Crippen LogP contribution in [0.25, 0.3) is 0 Å². The molecular formula is C13H18N2O2S. The molecule has 2 heterocycles. The summed E-state index contributed by atoms with van der Waals surface area (Å²) in [6.45, 7) is 1.73. The number of nitrogens with two attached hydrogens (primary N) is 1. The summed E-state index contributed by atoms with van der Waals surface area (Å²) >= 11 is 0. The third kappa shape index (κ3) is 2.12. The Bertz CT molecular complexity index is 568. The van der Waals surface area contributed by atoms with Gasteiger partial charge in [-0.15, -0.1) is 0 Å². The Balaban J connectivity index is 1.81. The molecule has 1 unspecified atom stereocenters. The number of anilines is 1. The predicted molar refractivity (Wildman–Crippen MR) is 72.0 cm³/mol. The largest absolute Gasteiger partial charge is 0.398 e. The van der Waals surface area contributed by atoms with E-state index >= 15 is 0 Å². The minimum Gasteiger partial charge on any atom is -0.398 e. The molecule has 0 spiro atoms. The van der Waals surface area contributed by atoms with Crippen LogP contribution in [0.3, 0.4) is 0 Å². The summed E-state index contributed by atoms with van der Waals surface area (Å²) in [6, 6.07) is 6.22. The molecule has 2 aliphatic heterocycles. The van der Waals surface area contributed by atoms with E-state index < -0.39 is 9.84 Å². The van der Waals surface area contributed by atoms with Gasteiger partial charge in [0, 0.05) is 24.8 Å². The molecule has 1 saturated heterocycles. The second-order valence-electron chi connectivity index (χ2n) is 5.26. The fourth-order valence-corrected chi connectivity index (χ4v) is 4.76. The number of hydrogen-bond donors (Lipinski definition) is 1. The number of fused-ring (bicyclic) bond motifs is 1. The van der Waals surface area contributed by atoms with Crippen LogP contribution in [0.4, 0.5) is 5.69 Å². The third-order valence-corrected chi connectivity index (χ3v) is 5.81. The van der Waals surface area contributed by atoms with Crippen LogP contribution in [0.15, 0.2) is 18.2 Å². The molecule has 1 aromatic carbocycles. The molecule has 5 heteroatoms. The van der Waals surface area contributed by atoms with Crippen molar-refractivity contribution in [3.63, 3.8) is 0 Å². The lowest BCUT2D eigenvalue weighted by atomic mass is 9.97. The standard InChI is InChI=1S/C13H18N2O2S/c14-13-3-1-2-10-4-6-15(8-12(10)13)11-5-7-18(16,17)9-11/h1-3,11H,4-9,14H2. The molecule has 18 heavy (non-hydrogen) atoms. The summed E-state index contributed by atoms with van der Waals surface area (Å²) in [7, 11) is -2.81. The van der Waals surface area contributed by atoms with Gasteiger partial charge < -0.3 is 5.73 Å². The summed E-state index contributed by atoms with van der Waals surface area (Å²) in [5.74, 6) is 0.653. The molecule has 2 N–H and O–H groups in total. The van der Waals surface area contributed by atoms with Crippen molar-refractivity contribution in [3.8, 4) is 0 Å². The SMILES string of the molecule is Nc1cccc2c1CN(C1CCS(=O)(=O)C1)CC2. The molecule has 0 radical (unpaired) electrons. The molecule has 1 aromatic rings. The smallest absolute Gasteiger partial charge is 0.151 e. The zero-order valence-corrected chi connectivity index (χ0v) is 11.1. The van der Waals surface area contributed by atoms with Crippen molar-refractivity contribution in [2.45, 2.75) is 25.4 Å². The average molecular weight is 266 g/mol. The number of nitrogens with zero attached hydrogens (tertiary/aromatic N) is 1. The first-order valence-electron chi connectivity index (χ1n) is 6.36.